The number of carbonyl (C=O) groups excluding carboxylic acids is 2. The van der Waals surface area contributed by atoms with Crippen molar-refractivity contribution in [2.75, 3.05) is 54.5 Å². The van der Waals surface area contributed by atoms with E-state index in [4.69, 9.17) is 15.5 Å². The molecular weight excluding hydrogens is 542 g/mol. The first kappa shape index (κ1) is 27.6. The minimum absolute atomic E-state index is 0.0209. The molecule has 1 aromatic heterocycles. The van der Waals surface area contributed by atoms with Crippen molar-refractivity contribution in [1.29, 1.82) is 0 Å². The first-order valence-corrected chi connectivity index (χ1v) is 15.5. The summed E-state index contributed by atoms with van der Waals surface area (Å²) in [5, 5.41) is 6.47. The van der Waals surface area contributed by atoms with Crippen molar-refractivity contribution in [3.8, 4) is 0 Å². The summed E-state index contributed by atoms with van der Waals surface area (Å²) < 4.78 is 5.46. The van der Waals surface area contributed by atoms with Crippen LogP contribution >= 0.6 is 0 Å². The molecule has 43 heavy (non-hydrogen) atoms. The lowest BCUT2D eigenvalue weighted by Gasteiger charge is -2.47. The van der Waals surface area contributed by atoms with Crippen LogP contribution in [0.5, 0.6) is 0 Å². The maximum absolute atomic E-state index is 13.0. The van der Waals surface area contributed by atoms with E-state index in [1.54, 1.807) is 6.20 Å². The Balaban J connectivity index is 1.00. The molecule has 0 radical (unpaired) electrons. The number of rotatable bonds is 8. The Labute approximate surface area is 252 Å². The van der Waals surface area contributed by atoms with Gasteiger partial charge in [0.2, 0.25) is 0 Å². The summed E-state index contributed by atoms with van der Waals surface area (Å²) in [5.74, 6) is 0.928. The van der Waals surface area contributed by atoms with Crippen LogP contribution in [0.15, 0.2) is 54.7 Å². The van der Waals surface area contributed by atoms with Crippen molar-refractivity contribution >= 4 is 34.8 Å². The minimum Gasteiger partial charge on any atom is -0.380 e. The molecule has 1 atom stereocenters. The number of ether oxygens (including phenoxy) is 1. The van der Waals surface area contributed by atoms with Crippen molar-refractivity contribution in [2.24, 2.45) is 11.1 Å². The van der Waals surface area contributed by atoms with Gasteiger partial charge in [0.05, 0.1) is 19.4 Å². The number of hydrogen-bond acceptors (Lipinski definition) is 8. The van der Waals surface area contributed by atoms with Crippen LogP contribution in [0, 0.1) is 5.41 Å². The fourth-order valence-electron chi connectivity index (χ4n) is 6.51. The smallest absolute Gasteiger partial charge is 0.271 e. The van der Waals surface area contributed by atoms with Crippen LogP contribution in [0.1, 0.15) is 70.9 Å². The highest BCUT2D eigenvalue weighted by molar-refractivity contribution is 5.96. The van der Waals surface area contributed by atoms with Gasteiger partial charge in [-0.2, -0.15) is 0 Å². The first-order chi connectivity index (χ1) is 20.9. The number of anilines is 4. The number of nitrogens with one attached hydrogen (secondary N) is 2. The van der Waals surface area contributed by atoms with Crippen LogP contribution in [-0.4, -0.2) is 67.2 Å². The van der Waals surface area contributed by atoms with Crippen molar-refractivity contribution in [3.05, 3.63) is 71.5 Å². The van der Waals surface area contributed by atoms with Gasteiger partial charge in [0.25, 0.3) is 11.8 Å². The molecule has 0 unspecified atom stereocenters. The summed E-state index contributed by atoms with van der Waals surface area (Å²) in [7, 11) is 0. The molecule has 4 aliphatic rings. The van der Waals surface area contributed by atoms with Gasteiger partial charge in [0.1, 0.15) is 5.82 Å². The van der Waals surface area contributed by atoms with Crippen LogP contribution < -0.4 is 26.2 Å². The molecule has 2 aromatic carbocycles. The fraction of sp³-hybridized carbons (Fsp3) is 0.455. The van der Waals surface area contributed by atoms with E-state index >= 15 is 0 Å². The molecular formula is C33H39N7O3. The van der Waals surface area contributed by atoms with Crippen LogP contribution in [0.4, 0.5) is 23.0 Å². The topological polar surface area (TPSA) is 126 Å². The molecule has 7 rings (SSSR count). The first-order valence-electron chi connectivity index (χ1n) is 15.5. The van der Waals surface area contributed by atoms with Crippen molar-refractivity contribution in [3.63, 3.8) is 0 Å². The Morgan fingerprint density at radius 2 is 1.67 bits per heavy atom. The summed E-state index contributed by atoms with van der Waals surface area (Å²) in [6.07, 6.45) is 8.18. The number of nitrogens with zero attached hydrogens (tertiary/aromatic N) is 4. The van der Waals surface area contributed by atoms with E-state index in [1.807, 2.05) is 24.3 Å². The number of hydrogen-bond donors (Lipinski definition) is 3. The number of carbonyl (C=O) groups is 2. The van der Waals surface area contributed by atoms with Gasteiger partial charge in [-0.15, -0.1) is 0 Å². The molecule has 3 aromatic rings. The van der Waals surface area contributed by atoms with Crippen LogP contribution in [0.25, 0.3) is 0 Å². The molecule has 1 aliphatic carbocycles. The van der Waals surface area contributed by atoms with E-state index in [-0.39, 0.29) is 17.6 Å². The molecule has 1 saturated carbocycles. The van der Waals surface area contributed by atoms with Gasteiger partial charge in [-0.1, -0.05) is 12.1 Å². The number of aromatic nitrogens is 2. The quantitative estimate of drug-likeness (QED) is 0.361. The van der Waals surface area contributed by atoms with Crippen molar-refractivity contribution in [1.82, 2.24) is 15.3 Å². The third-order valence-corrected chi connectivity index (χ3v) is 9.43. The standard InChI is InChI=1S/C33H39N7O3/c34-30(41)29-31(36-25-9-11-27(12-10-25)39-16-13-33(14-17-39)20-43-21-33)38-28(18-35-29)40-15-1-2-26(19-40)37-32(42)24-7-5-23(6-8-24)22-3-4-22/h5-12,18,22,26H,1-4,13-17,19-21H2,(H2,34,41)(H,36,38)(H,37,42)/t26-/m1/s1. The number of piperidine rings is 2. The molecule has 3 saturated heterocycles. The predicted molar refractivity (Wildman–Crippen MR) is 166 cm³/mol. The number of amides is 2. The zero-order chi connectivity index (χ0) is 29.4. The Morgan fingerprint density at radius 1 is 0.930 bits per heavy atom. The summed E-state index contributed by atoms with van der Waals surface area (Å²) in [5.41, 5.74) is 10.1. The van der Waals surface area contributed by atoms with Gasteiger partial charge < -0.3 is 30.9 Å². The van der Waals surface area contributed by atoms with Gasteiger partial charge in [0.15, 0.2) is 11.5 Å². The number of primary amides is 1. The lowest BCUT2D eigenvalue weighted by atomic mass is 9.77. The third kappa shape index (κ3) is 6.01. The maximum Gasteiger partial charge on any atom is 0.271 e. The Hall–Kier alpha value is -4.18. The molecule has 4 heterocycles. The molecule has 224 valence electrons. The summed E-state index contributed by atoms with van der Waals surface area (Å²) >= 11 is 0. The average molecular weight is 582 g/mol. The normalized spacial score (nSPS) is 21.3. The highest BCUT2D eigenvalue weighted by atomic mass is 16.5. The van der Waals surface area contributed by atoms with E-state index in [0.717, 1.165) is 64.2 Å². The molecule has 3 aliphatic heterocycles. The summed E-state index contributed by atoms with van der Waals surface area (Å²) in [6.45, 7) is 5.23. The maximum atomic E-state index is 13.0. The lowest BCUT2D eigenvalue weighted by molar-refractivity contribution is -0.124. The highest BCUT2D eigenvalue weighted by Crippen LogP contribution is 2.40. The Kier molecular flexibility index (Phi) is 7.38. The number of nitrogens with two attached hydrogens (primary N) is 1. The van der Waals surface area contributed by atoms with Gasteiger partial charge in [0, 0.05) is 54.6 Å². The molecule has 10 heteroatoms. The molecule has 2 amide bonds. The Bertz CT molecular complexity index is 1480. The second-order valence-electron chi connectivity index (χ2n) is 12.6. The molecule has 0 bridgehead atoms. The van der Waals surface area contributed by atoms with E-state index in [0.29, 0.717) is 35.1 Å². The average Bonchev–Trinajstić information content (AvgIpc) is 3.87. The molecule has 4 fully saturated rings. The molecule has 4 N–H and O–H groups in total. The van der Waals surface area contributed by atoms with Gasteiger partial charge in [-0.25, -0.2) is 9.97 Å². The SMILES string of the molecule is NC(=O)c1ncc(N2CCC[C@@H](NC(=O)c3ccc(C4CC4)cc3)C2)nc1Nc1ccc(N2CCC3(CC2)COC3)cc1. The van der Waals surface area contributed by atoms with E-state index in [2.05, 4.69) is 49.7 Å². The zero-order valence-electron chi connectivity index (χ0n) is 24.4. The van der Waals surface area contributed by atoms with Crippen LogP contribution in [0.3, 0.4) is 0 Å². The zero-order valence-corrected chi connectivity index (χ0v) is 24.4. The van der Waals surface area contributed by atoms with Gasteiger partial charge in [-0.3, -0.25) is 9.59 Å². The lowest BCUT2D eigenvalue weighted by Crippen LogP contribution is -2.50. The van der Waals surface area contributed by atoms with E-state index in [9.17, 15) is 9.59 Å². The largest absolute Gasteiger partial charge is 0.380 e. The van der Waals surface area contributed by atoms with Gasteiger partial charge >= 0.3 is 0 Å². The minimum atomic E-state index is -0.642. The van der Waals surface area contributed by atoms with Crippen molar-refractivity contribution < 1.29 is 14.3 Å². The fourth-order valence-corrected chi connectivity index (χ4v) is 6.51. The third-order valence-electron chi connectivity index (χ3n) is 9.43. The van der Waals surface area contributed by atoms with E-state index < -0.39 is 5.91 Å². The van der Waals surface area contributed by atoms with Gasteiger partial charge in [-0.05, 0) is 86.4 Å². The summed E-state index contributed by atoms with van der Waals surface area (Å²) in [6, 6.07) is 16.2. The number of benzene rings is 2. The second kappa shape index (κ2) is 11.5. The Morgan fingerprint density at radius 3 is 2.33 bits per heavy atom. The monoisotopic (exact) mass is 581 g/mol. The summed E-state index contributed by atoms with van der Waals surface area (Å²) in [4.78, 5) is 38.9. The highest BCUT2D eigenvalue weighted by Gasteiger charge is 2.41. The van der Waals surface area contributed by atoms with Crippen LogP contribution in [0.2, 0.25) is 0 Å². The van der Waals surface area contributed by atoms with Crippen LogP contribution in [-0.2, 0) is 4.74 Å². The van der Waals surface area contributed by atoms with E-state index in [1.165, 1.54) is 24.1 Å². The molecule has 10 nitrogen and oxygen atoms in total. The predicted octanol–water partition coefficient (Wildman–Crippen LogP) is 4.21. The second-order valence-corrected chi connectivity index (χ2v) is 12.6. The molecule has 1 spiro atoms. The van der Waals surface area contributed by atoms with Crippen molar-refractivity contribution in [2.45, 2.75) is 50.5 Å².